The maximum atomic E-state index is 10.2. The summed E-state index contributed by atoms with van der Waals surface area (Å²) >= 11 is 1.53. The van der Waals surface area contributed by atoms with Crippen LogP contribution in [0.5, 0.6) is 5.75 Å². The predicted molar refractivity (Wildman–Crippen MR) is 171 cm³/mol. The number of aliphatic hydroxyl groups excluding tert-OH is 1. The van der Waals surface area contributed by atoms with Crippen LogP contribution in [0.1, 0.15) is 56.5 Å². The number of hydrogen-bond acceptors (Lipinski definition) is 10. The number of aromatic nitrogens is 4. The molecule has 0 aromatic carbocycles. The summed E-state index contributed by atoms with van der Waals surface area (Å²) in [5.74, 6) is 2.58. The molecular weight excluding hydrogens is 560 g/mol. The molecule has 9 nitrogen and oxygen atoms in total. The van der Waals surface area contributed by atoms with Crippen molar-refractivity contribution in [2.24, 2.45) is 5.41 Å². The molecule has 2 saturated heterocycles. The summed E-state index contributed by atoms with van der Waals surface area (Å²) in [6.07, 6.45) is 16.3. The lowest BCUT2D eigenvalue weighted by Crippen LogP contribution is -2.41. The fourth-order valence-electron chi connectivity index (χ4n) is 6.40. The van der Waals surface area contributed by atoms with E-state index in [0.29, 0.717) is 23.8 Å². The number of fused-ring (bicyclic) bond motifs is 4. The van der Waals surface area contributed by atoms with Crippen LogP contribution in [0.25, 0.3) is 0 Å². The van der Waals surface area contributed by atoms with E-state index in [1.165, 1.54) is 29.4 Å². The van der Waals surface area contributed by atoms with E-state index in [2.05, 4.69) is 30.6 Å². The smallest absolute Gasteiger partial charge is 0.175 e. The molecule has 7 rings (SSSR count). The van der Waals surface area contributed by atoms with Gasteiger partial charge in [-0.25, -0.2) is 15.0 Å². The Morgan fingerprint density at radius 2 is 1.84 bits per heavy atom. The molecule has 1 spiro atoms. The second kappa shape index (κ2) is 14.5. The zero-order valence-electron chi connectivity index (χ0n) is 25.8. The first-order valence-electron chi connectivity index (χ1n) is 15.2. The number of rotatable bonds is 4. The van der Waals surface area contributed by atoms with Crippen molar-refractivity contribution in [1.29, 1.82) is 0 Å². The van der Waals surface area contributed by atoms with Gasteiger partial charge in [-0.2, -0.15) is 0 Å². The minimum Gasteiger partial charge on any atom is -0.486 e. The van der Waals surface area contributed by atoms with Gasteiger partial charge in [-0.05, 0) is 75.5 Å². The molecule has 2 fully saturated rings. The minimum atomic E-state index is -0.131. The second-order valence-corrected chi connectivity index (χ2v) is 12.6. The van der Waals surface area contributed by atoms with Crippen molar-refractivity contribution in [2.45, 2.75) is 74.9 Å². The largest absolute Gasteiger partial charge is 0.486 e. The van der Waals surface area contributed by atoms with E-state index in [1.54, 1.807) is 14.2 Å². The van der Waals surface area contributed by atoms with Crippen molar-refractivity contribution in [3.63, 3.8) is 0 Å². The van der Waals surface area contributed by atoms with Gasteiger partial charge in [0, 0.05) is 51.9 Å². The van der Waals surface area contributed by atoms with Gasteiger partial charge in [-0.3, -0.25) is 4.98 Å². The van der Waals surface area contributed by atoms with E-state index >= 15 is 0 Å². The van der Waals surface area contributed by atoms with Crippen LogP contribution < -0.4 is 14.5 Å². The number of nitrogens with zero attached hydrogens (tertiary/aromatic N) is 6. The number of hydrogen-bond donors (Lipinski definition) is 1. The molecule has 0 saturated carbocycles. The molecule has 6 heterocycles. The third-order valence-electron chi connectivity index (χ3n) is 8.63. The minimum absolute atomic E-state index is 0.131. The molecule has 0 amide bonds. The van der Waals surface area contributed by atoms with Crippen molar-refractivity contribution < 1.29 is 14.6 Å². The highest BCUT2D eigenvalue weighted by Gasteiger charge is 2.41. The molecule has 230 valence electrons. The van der Waals surface area contributed by atoms with E-state index in [1.807, 2.05) is 56.7 Å². The zero-order chi connectivity index (χ0) is 30.2. The van der Waals surface area contributed by atoms with Crippen molar-refractivity contribution >= 4 is 23.4 Å². The Morgan fingerprint density at radius 1 is 1.05 bits per heavy atom. The molecule has 0 radical (unpaired) electrons. The first-order chi connectivity index (χ1) is 21.0. The lowest BCUT2D eigenvalue weighted by molar-refractivity contribution is 0.229. The van der Waals surface area contributed by atoms with Crippen LogP contribution in [0.3, 0.4) is 0 Å². The van der Waals surface area contributed by atoms with Crippen molar-refractivity contribution in [3.05, 3.63) is 65.9 Å². The molecule has 3 aliphatic heterocycles. The fraction of sp³-hybridized carbons (Fsp3) is 0.515. The molecule has 3 aromatic rings. The summed E-state index contributed by atoms with van der Waals surface area (Å²) in [7, 11) is 3.25. The summed E-state index contributed by atoms with van der Waals surface area (Å²) < 4.78 is 10.4. The van der Waals surface area contributed by atoms with Crippen molar-refractivity contribution in [3.8, 4) is 5.75 Å². The molecule has 1 N–H and O–H groups in total. The van der Waals surface area contributed by atoms with Gasteiger partial charge in [0.2, 0.25) is 0 Å². The van der Waals surface area contributed by atoms with Crippen LogP contribution in [0, 0.1) is 5.41 Å². The number of anilines is 2. The van der Waals surface area contributed by atoms with Gasteiger partial charge in [-0.1, -0.05) is 30.0 Å². The van der Waals surface area contributed by atoms with Crippen LogP contribution in [0.15, 0.2) is 58.9 Å². The van der Waals surface area contributed by atoms with Gasteiger partial charge in [0.1, 0.15) is 17.3 Å². The maximum Gasteiger partial charge on any atom is 0.175 e. The molecular formula is C33H44N6O3S. The third kappa shape index (κ3) is 6.97. The van der Waals surface area contributed by atoms with E-state index in [0.717, 1.165) is 79.0 Å². The second-order valence-electron chi connectivity index (χ2n) is 11.5. The number of methoxy groups -OCH3 is 1. The average Bonchev–Trinajstić information content (AvgIpc) is 3.67. The molecule has 1 unspecified atom stereocenters. The fourth-order valence-corrected chi connectivity index (χ4v) is 7.26. The molecule has 43 heavy (non-hydrogen) atoms. The number of aliphatic hydroxyl groups is 1. The predicted octanol–water partition coefficient (Wildman–Crippen LogP) is 5.50. The third-order valence-corrected chi connectivity index (χ3v) is 9.58. The SMILES string of the molecule is C/C=C\C.COC.OCc1nc(Sc2ccnc3c2OCC2CCCN32)cnc1N1CCC2(CC1)Cc1cccnc1C2. The quantitative estimate of drug-likeness (QED) is 0.385. The standard InChI is InChI=1S/C27H30N6O2S.C4H8.C2H6O/c34-16-21-25(32-11-6-27(7-12-32)13-18-3-1-8-28-20(18)14-27)30-15-23(31-21)36-22-5-9-29-26-24(22)35-17-19-4-2-10-33(19)26;1-3-4-2;1-3-2/h1,3,5,8-9,15,19,34H,2,4,6-7,10-14,16-17H2;3-4H,1-2H3;1-2H3/b;4-3-;. The Hall–Kier alpha value is -3.21. The first-order valence-corrected chi connectivity index (χ1v) is 16.0. The van der Waals surface area contributed by atoms with Crippen LogP contribution >= 0.6 is 11.8 Å². The van der Waals surface area contributed by atoms with E-state index in [9.17, 15) is 5.11 Å². The highest BCUT2D eigenvalue weighted by Crippen LogP contribution is 2.46. The van der Waals surface area contributed by atoms with Gasteiger partial charge in [0.05, 0.1) is 23.7 Å². The van der Waals surface area contributed by atoms with E-state index in [-0.39, 0.29) is 6.61 Å². The Bertz CT molecular complexity index is 1360. The van der Waals surface area contributed by atoms with Gasteiger partial charge >= 0.3 is 0 Å². The molecule has 1 aliphatic carbocycles. The highest BCUT2D eigenvalue weighted by molar-refractivity contribution is 7.99. The van der Waals surface area contributed by atoms with Crippen LogP contribution in [-0.2, 0) is 24.2 Å². The highest BCUT2D eigenvalue weighted by atomic mass is 32.2. The summed E-state index contributed by atoms with van der Waals surface area (Å²) in [4.78, 5) is 24.5. The van der Waals surface area contributed by atoms with E-state index in [4.69, 9.17) is 14.7 Å². The Balaban J connectivity index is 0.000000480. The molecule has 3 aromatic heterocycles. The van der Waals surface area contributed by atoms with Crippen LogP contribution in [0.2, 0.25) is 0 Å². The lowest BCUT2D eigenvalue weighted by Gasteiger charge is -2.40. The summed E-state index contributed by atoms with van der Waals surface area (Å²) in [5, 5.41) is 10.9. The number of pyridine rings is 2. The van der Waals surface area contributed by atoms with Crippen LogP contribution in [0.4, 0.5) is 11.6 Å². The molecule has 0 bridgehead atoms. The lowest BCUT2D eigenvalue weighted by atomic mass is 9.76. The maximum absolute atomic E-state index is 10.2. The first kappa shape index (κ1) is 31.2. The van der Waals surface area contributed by atoms with Gasteiger partial charge in [0.25, 0.3) is 0 Å². The Kier molecular flexibility index (Phi) is 10.5. The van der Waals surface area contributed by atoms with Gasteiger partial charge in [-0.15, -0.1) is 0 Å². The van der Waals surface area contributed by atoms with Gasteiger partial charge in [0.15, 0.2) is 17.4 Å². The van der Waals surface area contributed by atoms with E-state index < -0.39 is 0 Å². The Morgan fingerprint density at radius 3 is 2.56 bits per heavy atom. The molecule has 10 heteroatoms. The van der Waals surface area contributed by atoms with Crippen LogP contribution in [-0.4, -0.2) is 71.5 Å². The zero-order valence-corrected chi connectivity index (χ0v) is 26.6. The summed E-state index contributed by atoms with van der Waals surface area (Å²) in [6.45, 7) is 7.45. The van der Waals surface area contributed by atoms with Crippen molar-refractivity contribution in [2.75, 3.05) is 50.3 Å². The molecule has 4 aliphatic rings. The number of allylic oxidation sites excluding steroid dienone is 2. The Labute approximate surface area is 259 Å². The number of piperidine rings is 1. The average molecular weight is 605 g/mol. The summed E-state index contributed by atoms with van der Waals surface area (Å²) in [6, 6.07) is 6.69. The monoisotopic (exact) mass is 604 g/mol. The van der Waals surface area contributed by atoms with Crippen molar-refractivity contribution in [1.82, 2.24) is 19.9 Å². The number of ether oxygens (including phenoxy) is 2. The van der Waals surface area contributed by atoms with Gasteiger partial charge < -0.3 is 24.4 Å². The summed E-state index contributed by atoms with van der Waals surface area (Å²) in [5.41, 5.74) is 3.62. The topological polar surface area (TPSA) is 96.7 Å². The molecule has 1 atom stereocenters. The normalized spacial score (nSPS) is 19.5.